The Kier molecular flexibility index (Phi) is 6.26. The number of carbonyl (C=O) groups is 2. The Morgan fingerprint density at radius 2 is 1.76 bits per heavy atom. The van der Waals surface area contributed by atoms with Crippen molar-refractivity contribution in [2.45, 2.75) is 13.0 Å². The third-order valence-corrected chi connectivity index (χ3v) is 4.16. The van der Waals surface area contributed by atoms with Gasteiger partial charge in [-0.05, 0) is 23.8 Å². The van der Waals surface area contributed by atoms with Gasteiger partial charge < -0.3 is 10.6 Å². The first kappa shape index (κ1) is 19.7. The number of nitro groups is 1. The molecule has 0 spiro atoms. The van der Waals surface area contributed by atoms with Gasteiger partial charge in [-0.25, -0.2) is 0 Å². The molecule has 0 aliphatic heterocycles. The fourth-order valence-electron chi connectivity index (χ4n) is 2.78. The Labute approximate surface area is 166 Å². The van der Waals surface area contributed by atoms with E-state index in [-0.39, 0.29) is 18.0 Å². The van der Waals surface area contributed by atoms with Gasteiger partial charge in [0, 0.05) is 30.6 Å². The van der Waals surface area contributed by atoms with E-state index in [0.717, 1.165) is 5.56 Å². The SMILES string of the molecule is O=C(Cc1ccccc1[N+](=O)[O-])Nc1ccccc1C(=O)NCc1cccnc1. The zero-order chi connectivity index (χ0) is 20.6. The maximum absolute atomic E-state index is 12.5. The summed E-state index contributed by atoms with van der Waals surface area (Å²) in [5.74, 6) is -0.803. The molecule has 1 heterocycles. The first-order valence-corrected chi connectivity index (χ1v) is 8.83. The standard InChI is InChI=1S/C21H18N4O4/c26-20(12-16-7-1-4-10-19(16)25(28)29)24-18-9-3-2-8-17(18)21(27)23-14-15-6-5-11-22-13-15/h1-11,13H,12,14H2,(H,23,27)(H,24,26). The van der Waals surface area contributed by atoms with Gasteiger partial charge in [0.05, 0.1) is 22.6 Å². The van der Waals surface area contributed by atoms with Crippen molar-refractivity contribution < 1.29 is 14.5 Å². The lowest BCUT2D eigenvalue weighted by Gasteiger charge is -2.11. The van der Waals surface area contributed by atoms with E-state index < -0.39 is 10.8 Å². The zero-order valence-electron chi connectivity index (χ0n) is 15.4. The molecule has 0 aliphatic rings. The molecule has 3 rings (SSSR count). The van der Waals surface area contributed by atoms with Gasteiger partial charge in [0.25, 0.3) is 11.6 Å². The number of pyridine rings is 1. The summed E-state index contributed by atoms with van der Waals surface area (Å²) in [5, 5.41) is 16.6. The van der Waals surface area contributed by atoms with Crippen LogP contribution in [-0.4, -0.2) is 21.7 Å². The summed E-state index contributed by atoms with van der Waals surface area (Å²) in [6, 6.07) is 16.3. The van der Waals surface area contributed by atoms with Gasteiger partial charge >= 0.3 is 0 Å². The Bertz CT molecular complexity index is 1040. The molecule has 0 bridgehead atoms. The summed E-state index contributed by atoms with van der Waals surface area (Å²) < 4.78 is 0. The second kappa shape index (κ2) is 9.23. The van der Waals surface area contributed by atoms with Crippen LogP contribution in [0.3, 0.4) is 0 Å². The van der Waals surface area contributed by atoms with Crippen LogP contribution in [0.2, 0.25) is 0 Å². The van der Waals surface area contributed by atoms with Crippen molar-refractivity contribution in [1.82, 2.24) is 10.3 Å². The predicted molar refractivity (Wildman–Crippen MR) is 107 cm³/mol. The average Bonchev–Trinajstić information content (AvgIpc) is 2.73. The molecular weight excluding hydrogens is 372 g/mol. The van der Waals surface area contributed by atoms with Crippen molar-refractivity contribution in [2.75, 3.05) is 5.32 Å². The van der Waals surface area contributed by atoms with Crippen LogP contribution in [-0.2, 0) is 17.8 Å². The van der Waals surface area contributed by atoms with Crippen molar-refractivity contribution in [3.05, 3.63) is 99.9 Å². The summed E-state index contributed by atoms with van der Waals surface area (Å²) >= 11 is 0. The summed E-state index contributed by atoms with van der Waals surface area (Å²) in [5.41, 5.74) is 1.66. The molecule has 2 aromatic carbocycles. The number of amides is 2. The summed E-state index contributed by atoms with van der Waals surface area (Å²) in [6.45, 7) is 0.297. The maximum Gasteiger partial charge on any atom is 0.273 e. The van der Waals surface area contributed by atoms with Crippen LogP contribution in [0.15, 0.2) is 73.1 Å². The van der Waals surface area contributed by atoms with E-state index in [1.807, 2.05) is 6.07 Å². The smallest absolute Gasteiger partial charge is 0.273 e. The van der Waals surface area contributed by atoms with E-state index in [0.29, 0.717) is 23.4 Å². The van der Waals surface area contributed by atoms with Gasteiger partial charge in [0.15, 0.2) is 0 Å². The Hall–Kier alpha value is -4.07. The summed E-state index contributed by atoms with van der Waals surface area (Å²) in [6.07, 6.45) is 3.12. The lowest BCUT2D eigenvalue weighted by molar-refractivity contribution is -0.385. The normalized spacial score (nSPS) is 10.2. The largest absolute Gasteiger partial charge is 0.348 e. The van der Waals surface area contributed by atoms with Crippen LogP contribution in [0, 0.1) is 10.1 Å². The van der Waals surface area contributed by atoms with Crippen LogP contribution >= 0.6 is 0 Å². The van der Waals surface area contributed by atoms with Crippen molar-refractivity contribution in [3.8, 4) is 0 Å². The number of rotatable bonds is 7. The van der Waals surface area contributed by atoms with Crippen LogP contribution in [0.25, 0.3) is 0 Å². The molecule has 8 nitrogen and oxygen atoms in total. The second-order valence-electron chi connectivity index (χ2n) is 6.20. The van der Waals surface area contributed by atoms with E-state index in [9.17, 15) is 19.7 Å². The van der Waals surface area contributed by atoms with Crippen LogP contribution in [0.1, 0.15) is 21.5 Å². The zero-order valence-corrected chi connectivity index (χ0v) is 15.4. The van der Waals surface area contributed by atoms with E-state index in [1.165, 1.54) is 12.1 Å². The predicted octanol–water partition coefficient (Wildman–Crippen LogP) is 3.10. The van der Waals surface area contributed by atoms with E-state index in [2.05, 4.69) is 15.6 Å². The highest BCUT2D eigenvalue weighted by Gasteiger charge is 2.17. The molecule has 0 aliphatic carbocycles. The molecule has 146 valence electrons. The lowest BCUT2D eigenvalue weighted by atomic mass is 10.1. The minimum atomic E-state index is -0.525. The minimum absolute atomic E-state index is 0.120. The fourth-order valence-corrected chi connectivity index (χ4v) is 2.78. The van der Waals surface area contributed by atoms with E-state index in [1.54, 1.807) is 54.9 Å². The van der Waals surface area contributed by atoms with Crippen molar-refractivity contribution >= 4 is 23.2 Å². The first-order chi connectivity index (χ1) is 14.0. The summed E-state index contributed by atoms with van der Waals surface area (Å²) in [4.78, 5) is 39.6. The molecule has 0 saturated carbocycles. The Balaban J connectivity index is 1.69. The number of para-hydroxylation sites is 2. The third kappa shape index (κ3) is 5.23. The van der Waals surface area contributed by atoms with Crippen LogP contribution in [0.5, 0.6) is 0 Å². The third-order valence-electron chi connectivity index (χ3n) is 4.16. The number of hydrogen-bond acceptors (Lipinski definition) is 5. The van der Waals surface area contributed by atoms with Gasteiger partial charge in [-0.3, -0.25) is 24.7 Å². The Morgan fingerprint density at radius 1 is 1.00 bits per heavy atom. The Morgan fingerprint density at radius 3 is 2.52 bits per heavy atom. The first-order valence-electron chi connectivity index (χ1n) is 8.83. The van der Waals surface area contributed by atoms with Crippen LogP contribution < -0.4 is 10.6 Å². The topological polar surface area (TPSA) is 114 Å². The molecule has 2 N–H and O–H groups in total. The number of anilines is 1. The summed E-state index contributed by atoms with van der Waals surface area (Å²) in [7, 11) is 0. The van der Waals surface area contributed by atoms with Gasteiger partial charge in [0.1, 0.15) is 0 Å². The average molecular weight is 390 g/mol. The molecule has 0 unspecified atom stereocenters. The highest BCUT2D eigenvalue weighted by molar-refractivity contribution is 6.04. The fraction of sp³-hybridized carbons (Fsp3) is 0.0952. The van der Waals surface area contributed by atoms with Crippen LogP contribution in [0.4, 0.5) is 11.4 Å². The minimum Gasteiger partial charge on any atom is -0.348 e. The number of aromatic nitrogens is 1. The van der Waals surface area contributed by atoms with E-state index >= 15 is 0 Å². The molecule has 29 heavy (non-hydrogen) atoms. The molecule has 0 radical (unpaired) electrons. The van der Waals surface area contributed by atoms with Crippen molar-refractivity contribution in [3.63, 3.8) is 0 Å². The van der Waals surface area contributed by atoms with E-state index in [4.69, 9.17) is 0 Å². The number of nitro benzene ring substituents is 1. The molecule has 0 atom stereocenters. The lowest BCUT2D eigenvalue weighted by Crippen LogP contribution is -2.25. The number of nitrogens with zero attached hydrogens (tertiary/aromatic N) is 2. The number of nitrogens with one attached hydrogen (secondary N) is 2. The quantitative estimate of drug-likeness (QED) is 0.475. The molecular formula is C21H18N4O4. The number of hydrogen-bond donors (Lipinski definition) is 2. The van der Waals surface area contributed by atoms with Gasteiger partial charge in [-0.2, -0.15) is 0 Å². The van der Waals surface area contributed by atoms with Gasteiger partial charge in [-0.15, -0.1) is 0 Å². The van der Waals surface area contributed by atoms with Gasteiger partial charge in [-0.1, -0.05) is 36.4 Å². The molecule has 8 heteroatoms. The number of benzene rings is 2. The highest BCUT2D eigenvalue weighted by Crippen LogP contribution is 2.20. The molecule has 0 saturated heterocycles. The monoisotopic (exact) mass is 390 g/mol. The highest BCUT2D eigenvalue weighted by atomic mass is 16.6. The maximum atomic E-state index is 12.5. The second-order valence-corrected chi connectivity index (χ2v) is 6.20. The molecule has 2 amide bonds. The molecule has 3 aromatic rings. The van der Waals surface area contributed by atoms with Gasteiger partial charge in [0.2, 0.25) is 5.91 Å². The van der Waals surface area contributed by atoms with Crippen molar-refractivity contribution in [2.24, 2.45) is 0 Å². The molecule has 1 aromatic heterocycles. The molecule has 0 fully saturated rings. The number of carbonyl (C=O) groups excluding carboxylic acids is 2. The van der Waals surface area contributed by atoms with Crippen molar-refractivity contribution in [1.29, 1.82) is 0 Å².